The van der Waals surface area contributed by atoms with Gasteiger partial charge in [-0.2, -0.15) is 5.26 Å². The summed E-state index contributed by atoms with van der Waals surface area (Å²) in [7, 11) is 1.16. The van der Waals surface area contributed by atoms with Gasteiger partial charge in [0.25, 0.3) is 0 Å². The van der Waals surface area contributed by atoms with Crippen molar-refractivity contribution in [3.63, 3.8) is 0 Å². The van der Waals surface area contributed by atoms with Crippen molar-refractivity contribution in [3.05, 3.63) is 68.7 Å². The number of halogens is 2. The van der Waals surface area contributed by atoms with Crippen LogP contribution in [0.5, 0.6) is 5.75 Å². The van der Waals surface area contributed by atoms with Gasteiger partial charge < -0.3 is 20.1 Å². The second-order valence-corrected chi connectivity index (χ2v) is 9.12. The molecule has 0 saturated carbocycles. The molecule has 0 radical (unpaired) electrons. The first-order valence-electron chi connectivity index (χ1n) is 10.4. The number of hydrogen-bond acceptors (Lipinski definition) is 7. The van der Waals surface area contributed by atoms with Gasteiger partial charge in [-0.3, -0.25) is 14.4 Å². The number of benzene rings is 2. The van der Waals surface area contributed by atoms with Gasteiger partial charge in [0, 0.05) is 16.6 Å². The number of nitrogens with one attached hydrogen (secondary N) is 2. The molecule has 35 heavy (non-hydrogen) atoms. The average Bonchev–Trinajstić information content (AvgIpc) is 2.83. The van der Waals surface area contributed by atoms with E-state index in [9.17, 15) is 19.6 Å². The highest BCUT2D eigenvalue weighted by Gasteiger charge is 2.44. The Morgan fingerprint density at radius 2 is 2.00 bits per heavy atom. The molecule has 2 aromatic carbocycles. The Morgan fingerprint density at radius 3 is 2.63 bits per heavy atom. The van der Waals surface area contributed by atoms with Crippen LogP contribution in [-0.4, -0.2) is 37.3 Å². The van der Waals surface area contributed by atoms with Crippen LogP contribution in [0, 0.1) is 17.2 Å². The molecule has 182 valence electrons. The zero-order chi connectivity index (χ0) is 25.5. The number of carbonyl (C=O) groups excluding carboxylic acids is 3. The number of anilines is 1. The number of carbonyl (C=O) groups is 3. The van der Waals surface area contributed by atoms with Gasteiger partial charge in [-0.1, -0.05) is 47.1 Å². The first-order valence-corrected chi connectivity index (χ1v) is 12.2. The normalized spacial score (nSPS) is 17.3. The first-order chi connectivity index (χ1) is 16.8. The lowest BCUT2D eigenvalue weighted by Crippen LogP contribution is -2.44. The van der Waals surface area contributed by atoms with E-state index < -0.39 is 23.7 Å². The molecule has 2 amide bonds. The Morgan fingerprint density at radius 1 is 1.23 bits per heavy atom. The molecule has 0 unspecified atom stereocenters. The molecule has 11 heteroatoms. The molecule has 3 rings (SSSR count). The molecule has 1 aliphatic heterocycles. The van der Waals surface area contributed by atoms with Gasteiger partial charge in [0.2, 0.25) is 11.8 Å². The van der Waals surface area contributed by atoms with E-state index in [-0.39, 0.29) is 27.3 Å². The Bertz CT molecular complexity index is 1230. The van der Waals surface area contributed by atoms with Crippen LogP contribution in [-0.2, 0) is 19.1 Å². The highest BCUT2D eigenvalue weighted by Crippen LogP contribution is 2.42. The number of nitriles is 1. The third-order valence-corrected chi connectivity index (χ3v) is 6.60. The van der Waals surface area contributed by atoms with Crippen LogP contribution in [0.4, 0.5) is 5.69 Å². The maximum absolute atomic E-state index is 12.9. The standard InChI is InChI=1S/C24H21Cl2N3O5S/c1-3-34-18-8-7-13(9-17(18)26)20-16(11-27)23(29-22(31)21(20)24(32)33-2)35-12-19(30)28-15-6-4-5-14(25)10-15/h4-10,20-21H,3,12H2,1-2H3,(H,28,30)(H,29,31)/t20-,21-/m1/s1. The van der Waals surface area contributed by atoms with Gasteiger partial charge in [0.15, 0.2) is 0 Å². The first kappa shape index (κ1) is 26.4. The Kier molecular flexibility index (Phi) is 9.04. The summed E-state index contributed by atoms with van der Waals surface area (Å²) in [6.45, 7) is 2.21. The quantitative estimate of drug-likeness (QED) is 0.378. The fraction of sp³-hybridized carbons (Fsp3) is 0.250. The molecule has 1 heterocycles. The zero-order valence-corrected chi connectivity index (χ0v) is 21.1. The summed E-state index contributed by atoms with van der Waals surface area (Å²) in [6, 6.07) is 13.5. The van der Waals surface area contributed by atoms with Gasteiger partial charge >= 0.3 is 5.97 Å². The number of allylic oxidation sites excluding steroid dienone is 1. The van der Waals surface area contributed by atoms with E-state index in [1.54, 1.807) is 42.5 Å². The molecule has 0 bridgehead atoms. The molecule has 8 nitrogen and oxygen atoms in total. The molecule has 1 aliphatic rings. The summed E-state index contributed by atoms with van der Waals surface area (Å²) in [6.07, 6.45) is 0. The Hall–Kier alpha value is -3.19. The minimum absolute atomic E-state index is 0.104. The van der Waals surface area contributed by atoms with Crippen LogP contribution in [0.3, 0.4) is 0 Å². The third kappa shape index (κ3) is 6.28. The Labute approximate surface area is 216 Å². The predicted octanol–water partition coefficient (Wildman–Crippen LogP) is 4.50. The van der Waals surface area contributed by atoms with Crippen molar-refractivity contribution in [1.82, 2.24) is 5.32 Å². The Balaban J connectivity index is 1.93. The van der Waals surface area contributed by atoms with Crippen LogP contribution >= 0.6 is 35.0 Å². The van der Waals surface area contributed by atoms with Crippen molar-refractivity contribution in [2.45, 2.75) is 12.8 Å². The molecule has 2 atom stereocenters. The summed E-state index contributed by atoms with van der Waals surface area (Å²) >= 11 is 13.2. The van der Waals surface area contributed by atoms with Crippen molar-refractivity contribution >= 4 is 58.4 Å². The fourth-order valence-electron chi connectivity index (χ4n) is 3.56. The van der Waals surface area contributed by atoms with E-state index in [0.717, 1.165) is 18.9 Å². The number of esters is 1. The van der Waals surface area contributed by atoms with Crippen LogP contribution in [0.15, 0.2) is 53.1 Å². The van der Waals surface area contributed by atoms with E-state index in [0.29, 0.717) is 28.6 Å². The smallest absolute Gasteiger partial charge is 0.319 e. The number of rotatable bonds is 8. The highest BCUT2D eigenvalue weighted by molar-refractivity contribution is 8.03. The molecule has 0 aliphatic carbocycles. The average molecular weight is 534 g/mol. The van der Waals surface area contributed by atoms with E-state index in [2.05, 4.69) is 16.7 Å². The van der Waals surface area contributed by atoms with Crippen LogP contribution in [0.1, 0.15) is 18.4 Å². The number of nitrogens with zero attached hydrogens (tertiary/aromatic N) is 1. The van der Waals surface area contributed by atoms with E-state index in [4.69, 9.17) is 32.7 Å². The zero-order valence-electron chi connectivity index (χ0n) is 18.8. The van der Waals surface area contributed by atoms with Crippen molar-refractivity contribution in [2.75, 3.05) is 24.8 Å². The van der Waals surface area contributed by atoms with Gasteiger partial charge in [-0.25, -0.2) is 0 Å². The summed E-state index contributed by atoms with van der Waals surface area (Å²) < 4.78 is 10.3. The van der Waals surface area contributed by atoms with Crippen LogP contribution in [0.25, 0.3) is 0 Å². The molecule has 0 aromatic heterocycles. The molecule has 2 aromatic rings. The summed E-state index contributed by atoms with van der Waals surface area (Å²) in [5, 5.41) is 16.2. The number of thioether (sulfide) groups is 1. The maximum Gasteiger partial charge on any atom is 0.319 e. The van der Waals surface area contributed by atoms with E-state index in [1.165, 1.54) is 0 Å². The fourth-order valence-corrected chi connectivity index (χ4v) is 4.85. The lowest BCUT2D eigenvalue weighted by atomic mass is 9.78. The van der Waals surface area contributed by atoms with Crippen molar-refractivity contribution in [2.24, 2.45) is 5.92 Å². The third-order valence-electron chi connectivity index (χ3n) is 5.05. The monoisotopic (exact) mass is 533 g/mol. The molecular weight excluding hydrogens is 513 g/mol. The van der Waals surface area contributed by atoms with E-state index in [1.807, 2.05) is 6.92 Å². The molecular formula is C24H21Cl2N3O5S. The second kappa shape index (κ2) is 12.0. The number of ether oxygens (including phenoxy) is 2. The minimum atomic E-state index is -1.31. The molecule has 0 fully saturated rings. The van der Waals surface area contributed by atoms with Gasteiger partial charge in [0.05, 0.1) is 41.2 Å². The largest absolute Gasteiger partial charge is 0.492 e. The molecule has 0 spiro atoms. The number of hydrogen-bond donors (Lipinski definition) is 2. The SMILES string of the molecule is CCOc1ccc([C@@H]2C(C#N)=C(SCC(=O)Nc3cccc(Cl)c3)NC(=O)[C@@H]2C(=O)OC)cc1Cl. The maximum atomic E-state index is 12.9. The van der Waals surface area contributed by atoms with Crippen LogP contribution in [0.2, 0.25) is 10.0 Å². The second-order valence-electron chi connectivity index (χ2n) is 7.29. The van der Waals surface area contributed by atoms with Crippen molar-refractivity contribution in [1.29, 1.82) is 5.26 Å². The summed E-state index contributed by atoms with van der Waals surface area (Å²) in [5.41, 5.74) is 1.08. The van der Waals surface area contributed by atoms with Gasteiger partial charge in [0.1, 0.15) is 11.7 Å². The number of amides is 2. The minimum Gasteiger partial charge on any atom is -0.492 e. The van der Waals surface area contributed by atoms with Crippen molar-refractivity contribution < 1.29 is 23.9 Å². The molecule has 0 saturated heterocycles. The van der Waals surface area contributed by atoms with Gasteiger partial charge in [-0.05, 0) is 42.8 Å². The lowest BCUT2D eigenvalue weighted by Gasteiger charge is -2.31. The summed E-state index contributed by atoms with van der Waals surface area (Å²) in [4.78, 5) is 37.9. The summed E-state index contributed by atoms with van der Waals surface area (Å²) in [5.74, 6) is -3.76. The highest BCUT2D eigenvalue weighted by atomic mass is 35.5. The van der Waals surface area contributed by atoms with Crippen molar-refractivity contribution in [3.8, 4) is 11.8 Å². The lowest BCUT2D eigenvalue weighted by molar-refractivity contribution is -0.150. The van der Waals surface area contributed by atoms with E-state index >= 15 is 0 Å². The van der Waals surface area contributed by atoms with Gasteiger partial charge in [-0.15, -0.1) is 0 Å². The number of methoxy groups -OCH3 is 1. The molecule has 2 N–H and O–H groups in total. The predicted molar refractivity (Wildman–Crippen MR) is 134 cm³/mol. The van der Waals surface area contributed by atoms with Crippen LogP contribution < -0.4 is 15.4 Å². The topological polar surface area (TPSA) is 118 Å².